The summed E-state index contributed by atoms with van der Waals surface area (Å²) in [7, 11) is 1.60. The minimum Gasteiger partial charge on any atom is -0.497 e. The summed E-state index contributed by atoms with van der Waals surface area (Å²) in [5.41, 5.74) is 2.24. The van der Waals surface area contributed by atoms with Gasteiger partial charge in [0.1, 0.15) is 5.75 Å². The second-order valence-electron chi connectivity index (χ2n) is 4.70. The highest BCUT2D eigenvalue weighted by atomic mass is 35.5. The molecule has 2 rings (SSSR count). The van der Waals surface area contributed by atoms with E-state index in [4.69, 9.17) is 32.7 Å². The highest BCUT2D eigenvalue weighted by Gasteiger charge is 2.11. The van der Waals surface area contributed by atoms with E-state index in [1.54, 1.807) is 32.2 Å². The Bertz CT molecular complexity index is 701. The number of ether oxygens (including phenoxy) is 2. The van der Waals surface area contributed by atoms with Gasteiger partial charge in [0, 0.05) is 16.1 Å². The Morgan fingerprint density at radius 2 is 1.65 bits per heavy atom. The van der Waals surface area contributed by atoms with Gasteiger partial charge >= 0.3 is 5.97 Å². The molecule has 0 aliphatic rings. The fourth-order valence-electron chi connectivity index (χ4n) is 2.12. The van der Waals surface area contributed by atoms with E-state index in [1.807, 2.05) is 24.3 Å². The third kappa shape index (κ3) is 4.75. The van der Waals surface area contributed by atoms with Crippen LogP contribution in [0.2, 0.25) is 10.0 Å². The zero-order valence-corrected chi connectivity index (χ0v) is 14.3. The Balaban J connectivity index is 2.52. The minimum atomic E-state index is -0.422. The third-order valence-electron chi connectivity index (χ3n) is 3.12. The van der Waals surface area contributed by atoms with Crippen LogP contribution in [0.5, 0.6) is 5.75 Å². The molecule has 0 N–H and O–H groups in total. The predicted octanol–water partition coefficient (Wildman–Crippen LogP) is 5.00. The van der Waals surface area contributed by atoms with Crippen molar-refractivity contribution in [3.05, 3.63) is 69.7 Å². The van der Waals surface area contributed by atoms with Gasteiger partial charge in [-0.25, -0.2) is 4.79 Å². The van der Waals surface area contributed by atoms with E-state index in [0.29, 0.717) is 22.2 Å². The largest absolute Gasteiger partial charge is 0.497 e. The number of hydrogen-bond donors (Lipinski definition) is 0. The molecule has 0 amide bonds. The molecule has 120 valence electrons. The maximum atomic E-state index is 11.9. The summed E-state index contributed by atoms with van der Waals surface area (Å²) >= 11 is 12.2. The standard InChI is InChI=1S/C18H16Cl2O3/c1-3-23-18(21)11-17(12-4-6-16(22-2)7-5-12)13-8-14(19)10-15(20)9-13/h4-11H,3H2,1-2H3. The number of halogens is 2. The smallest absolute Gasteiger partial charge is 0.331 e. The van der Waals surface area contributed by atoms with Crippen molar-refractivity contribution in [3.63, 3.8) is 0 Å². The topological polar surface area (TPSA) is 35.5 Å². The minimum absolute atomic E-state index is 0.307. The lowest BCUT2D eigenvalue weighted by atomic mass is 9.97. The average Bonchev–Trinajstić information content (AvgIpc) is 2.52. The van der Waals surface area contributed by atoms with Gasteiger partial charge in [-0.3, -0.25) is 0 Å². The molecule has 5 heteroatoms. The van der Waals surface area contributed by atoms with E-state index in [2.05, 4.69) is 0 Å². The molecule has 0 aliphatic heterocycles. The first kappa shape index (κ1) is 17.4. The molecule has 0 aromatic heterocycles. The molecule has 2 aromatic carbocycles. The molecule has 23 heavy (non-hydrogen) atoms. The van der Waals surface area contributed by atoms with E-state index in [1.165, 1.54) is 6.08 Å². The van der Waals surface area contributed by atoms with Crippen LogP contribution in [0.1, 0.15) is 18.1 Å². The summed E-state index contributed by atoms with van der Waals surface area (Å²) in [4.78, 5) is 11.9. The Labute approximate surface area is 145 Å². The predicted molar refractivity (Wildman–Crippen MR) is 93.2 cm³/mol. The van der Waals surface area contributed by atoms with Crippen LogP contribution in [0.15, 0.2) is 48.5 Å². The van der Waals surface area contributed by atoms with Gasteiger partial charge < -0.3 is 9.47 Å². The monoisotopic (exact) mass is 350 g/mol. The quantitative estimate of drug-likeness (QED) is 0.562. The van der Waals surface area contributed by atoms with Crippen LogP contribution in [0, 0.1) is 0 Å². The van der Waals surface area contributed by atoms with Crippen molar-refractivity contribution in [2.24, 2.45) is 0 Å². The third-order valence-corrected chi connectivity index (χ3v) is 3.56. The number of benzene rings is 2. The fraction of sp³-hybridized carbons (Fsp3) is 0.167. The summed E-state index contributed by atoms with van der Waals surface area (Å²) in [6.45, 7) is 2.07. The average molecular weight is 351 g/mol. The van der Waals surface area contributed by atoms with Gasteiger partial charge in [-0.05, 0) is 54.0 Å². The van der Waals surface area contributed by atoms with E-state index >= 15 is 0 Å². The highest BCUT2D eigenvalue weighted by Crippen LogP contribution is 2.30. The molecule has 0 saturated heterocycles. The Morgan fingerprint density at radius 1 is 1.04 bits per heavy atom. The lowest BCUT2D eigenvalue weighted by Crippen LogP contribution is -2.02. The van der Waals surface area contributed by atoms with Crippen LogP contribution >= 0.6 is 23.2 Å². The maximum Gasteiger partial charge on any atom is 0.331 e. The van der Waals surface area contributed by atoms with E-state index < -0.39 is 5.97 Å². The van der Waals surface area contributed by atoms with E-state index in [0.717, 1.165) is 16.9 Å². The van der Waals surface area contributed by atoms with Crippen LogP contribution in [0.3, 0.4) is 0 Å². The van der Waals surface area contributed by atoms with Gasteiger partial charge in [0.15, 0.2) is 0 Å². The van der Waals surface area contributed by atoms with Crippen molar-refractivity contribution in [3.8, 4) is 5.75 Å². The van der Waals surface area contributed by atoms with Crippen molar-refractivity contribution in [2.75, 3.05) is 13.7 Å². The normalized spacial score (nSPS) is 11.2. The van der Waals surface area contributed by atoms with Crippen LogP contribution in [0.4, 0.5) is 0 Å². The van der Waals surface area contributed by atoms with Crippen LogP contribution in [-0.4, -0.2) is 19.7 Å². The molecular formula is C18H16Cl2O3. The second-order valence-corrected chi connectivity index (χ2v) is 5.57. The number of carbonyl (C=O) groups is 1. The molecule has 3 nitrogen and oxygen atoms in total. The number of esters is 1. The summed E-state index contributed by atoms with van der Waals surface area (Å²) in [6.07, 6.45) is 1.44. The number of methoxy groups -OCH3 is 1. The Kier molecular flexibility index (Phi) is 6.08. The van der Waals surface area contributed by atoms with E-state index in [9.17, 15) is 4.79 Å². The van der Waals surface area contributed by atoms with Gasteiger partial charge in [-0.1, -0.05) is 35.3 Å². The Morgan fingerprint density at radius 3 is 2.17 bits per heavy atom. The molecule has 0 spiro atoms. The first-order valence-electron chi connectivity index (χ1n) is 7.03. The summed E-state index contributed by atoms with van der Waals surface area (Å²) in [5.74, 6) is 0.308. The van der Waals surface area contributed by atoms with Gasteiger partial charge in [0.25, 0.3) is 0 Å². The van der Waals surface area contributed by atoms with Gasteiger partial charge in [-0.2, -0.15) is 0 Å². The van der Waals surface area contributed by atoms with Crippen LogP contribution in [-0.2, 0) is 9.53 Å². The zero-order valence-electron chi connectivity index (χ0n) is 12.8. The molecule has 0 unspecified atom stereocenters. The molecule has 0 saturated carbocycles. The summed E-state index contributed by atoms with van der Waals surface area (Å²) in [5, 5.41) is 0.992. The molecule has 2 aromatic rings. The van der Waals surface area contributed by atoms with Crippen LogP contribution < -0.4 is 4.74 Å². The van der Waals surface area contributed by atoms with Crippen molar-refractivity contribution in [2.45, 2.75) is 6.92 Å². The zero-order chi connectivity index (χ0) is 16.8. The molecule has 0 heterocycles. The maximum absolute atomic E-state index is 11.9. The second kappa shape index (κ2) is 8.04. The lowest BCUT2D eigenvalue weighted by molar-refractivity contribution is -0.137. The van der Waals surface area contributed by atoms with Crippen molar-refractivity contribution < 1.29 is 14.3 Å². The highest BCUT2D eigenvalue weighted by molar-refractivity contribution is 6.35. The number of hydrogen-bond acceptors (Lipinski definition) is 3. The van der Waals surface area contributed by atoms with E-state index in [-0.39, 0.29) is 0 Å². The molecule has 0 fully saturated rings. The Hall–Kier alpha value is -1.97. The van der Waals surface area contributed by atoms with Crippen molar-refractivity contribution in [1.29, 1.82) is 0 Å². The first-order valence-corrected chi connectivity index (χ1v) is 7.78. The van der Waals surface area contributed by atoms with Crippen molar-refractivity contribution in [1.82, 2.24) is 0 Å². The molecule has 0 bridgehead atoms. The summed E-state index contributed by atoms with van der Waals surface area (Å²) < 4.78 is 10.2. The summed E-state index contributed by atoms with van der Waals surface area (Å²) in [6, 6.07) is 12.5. The SMILES string of the molecule is CCOC(=O)C=C(c1ccc(OC)cc1)c1cc(Cl)cc(Cl)c1. The number of rotatable bonds is 5. The first-order chi connectivity index (χ1) is 11.0. The van der Waals surface area contributed by atoms with Gasteiger partial charge in [-0.15, -0.1) is 0 Å². The molecular weight excluding hydrogens is 335 g/mol. The number of carbonyl (C=O) groups excluding carboxylic acids is 1. The molecule has 0 atom stereocenters. The molecule has 0 aliphatic carbocycles. The lowest BCUT2D eigenvalue weighted by Gasteiger charge is -2.11. The molecule has 0 radical (unpaired) electrons. The van der Waals surface area contributed by atoms with Gasteiger partial charge in [0.05, 0.1) is 13.7 Å². The fourth-order valence-corrected chi connectivity index (χ4v) is 2.64. The van der Waals surface area contributed by atoms with Crippen LogP contribution in [0.25, 0.3) is 5.57 Å². The van der Waals surface area contributed by atoms with Gasteiger partial charge in [0.2, 0.25) is 0 Å². The van der Waals surface area contributed by atoms with Crippen molar-refractivity contribution >= 4 is 34.7 Å².